The molecule has 0 saturated heterocycles. The summed E-state index contributed by atoms with van der Waals surface area (Å²) in [6.07, 6.45) is 0.291. The third kappa shape index (κ3) is 5.17. The minimum absolute atomic E-state index is 0.0465. The summed E-state index contributed by atoms with van der Waals surface area (Å²) in [4.78, 5) is 14.0. The van der Waals surface area contributed by atoms with Crippen molar-refractivity contribution in [2.45, 2.75) is 26.5 Å². The molecule has 0 bridgehead atoms. The van der Waals surface area contributed by atoms with Gasteiger partial charge in [0.2, 0.25) is 5.91 Å². The number of aryl methyl sites for hydroxylation is 1. The maximum atomic E-state index is 12.5. The lowest BCUT2D eigenvalue weighted by molar-refractivity contribution is -0.129. The Morgan fingerprint density at radius 1 is 1.16 bits per heavy atom. The van der Waals surface area contributed by atoms with E-state index in [2.05, 4.69) is 4.74 Å². The zero-order valence-corrected chi connectivity index (χ0v) is 14.5. The maximum absolute atomic E-state index is 12.5. The van der Waals surface area contributed by atoms with Crippen molar-refractivity contribution >= 4 is 5.91 Å². The van der Waals surface area contributed by atoms with Crippen molar-refractivity contribution in [3.05, 3.63) is 59.2 Å². The number of nitrogens with zero attached hydrogens (tertiary/aromatic N) is 1. The number of likely N-dealkylation sites (N-methyl/N-ethyl adjacent to an activating group) is 1. The lowest BCUT2D eigenvalue weighted by atomic mass is 10.1. The van der Waals surface area contributed by atoms with E-state index >= 15 is 0 Å². The fourth-order valence-corrected chi connectivity index (χ4v) is 2.48. The van der Waals surface area contributed by atoms with Crippen molar-refractivity contribution in [3.8, 4) is 11.5 Å². The van der Waals surface area contributed by atoms with Gasteiger partial charge in [0.05, 0.1) is 13.5 Å². The molecule has 2 aromatic rings. The predicted molar refractivity (Wildman–Crippen MR) is 91.0 cm³/mol. The highest BCUT2D eigenvalue weighted by atomic mass is 19.3. The molecule has 0 fully saturated rings. The monoisotopic (exact) mass is 349 g/mol. The molecule has 0 saturated carbocycles. The van der Waals surface area contributed by atoms with Gasteiger partial charge in [-0.05, 0) is 35.7 Å². The van der Waals surface area contributed by atoms with Gasteiger partial charge >= 0.3 is 6.61 Å². The lowest BCUT2D eigenvalue weighted by Gasteiger charge is -2.19. The Labute approximate surface area is 146 Å². The van der Waals surface area contributed by atoms with Gasteiger partial charge in [-0.3, -0.25) is 4.79 Å². The summed E-state index contributed by atoms with van der Waals surface area (Å²) in [5.74, 6) is 0.120. The first-order valence-electron chi connectivity index (χ1n) is 7.81. The Morgan fingerprint density at radius 3 is 2.52 bits per heavy atom. The van der Waals surface area contributed by atoms with Crippen LogP contribution in [0, 0.1) is 6.92 Å². The van der Waals surface area contributed by atoms with Crippen molar-refractivity contribution in [2.75, 3.05) is 14.2 Å². The Balaban J connectivity index is 2.07. The van der Waals surface area contributed by atoms with Crippen LogP contribution >= 0.6 is 0 Å². The molecule has 0 heterocycles. The SMILES string of the molecule is COc1ccc(CN(C)C(=O)Cc2ccccc2C)cc1OC(F)F. The van der Waals surface area contributed by atoms with E-state index in [0.717, 1.165) is 11.1 Å². The second-order valence-electron chi connectivity index (χ2n) is 5.72. The van der Waals surface area contributed by atoms with Crippen LogP contribution in [0.4, 0.5) is 8.78 Å². The summed E-state index contributed by atoms with van der Waals surface area (Å²) in [7, 11) is 3.06. The Bertz CT molecular complexity index is 734. The number of methoxy groups -OCH3 is 1. The number of benzene rings is 2. The molecule has 0 aliphatic rings. The second kappa shape index (κ2) is 8.46. The first-order valence-corrected chi connectivity index (χ1v) is 7.81. The number of ether oxygens (including phenoxy) is 2. The average molecular weight is 349 g/mol. The van der Waals surface area contributed by atoms with Gasteiger partial charge in [0.15, 0.2) is 11.5 Å². The summed E-state index contributed by atoms with van der Waals surface area (Å²) in [6.45, 7) is -0.696. The van der Waals surface area contributed by atoms with Gasteiger partial charge < -0.3 is 14.4 Å². The van der Waals surface area contributed by atoms with Gasteiger partial charge in [0.25, 0.3) is 0 Å². The summed E-state index contributed by atoms with van der Waals surface area (Å²) in [5.41, 5.74) is 2.70. The zero-order chi connectivity index (χ0) is 18.4. The number of hydrogen-bond acceptors (Lipinski definition) is 3. The van der Waals surface area contributed by atoms with Crippen LogP contribution in [0.3, 0.4) is 0 Å². The molecule has 134 valence electrons. The fourth-order valence-electron chi connectivity index (χ4n) is 2.48. The zero-order valence-electron chi connectivity index (χ0n) is 14.5. The number of carbonyl (C=O) groups excluding carboxylic acids is 1. The molecule has 2 aromatic carbocycles. The molecular formula is C19H21F2NO3. The number of rotatable bonds is 7. The van der Waals surface area contributed by atoms with Gasteiger partial charge in [-0.25, -0.2) is 0 Å². The van der Waals surface area contributed by atoms with E-state index in [4.69, 9.17) is 4.74 Å². The number of hydrogen-bond donors (Lipinski definition) is 0. The molecule has 0 N–H and O–H groups in total. The molecule has 0 radical (unpaired) electrons. The van der Waals surface area contributed by atoms with Gasteiger partial charge in [-0.1, -0.05) is 30.3 Å². The predicted octanol–water partition coefficient (Wildman–Crippen LogP) is 3.81. The summed E-state index contributed by atoms with van der Waals surface area (Å²) in [6, 6.07) is 12.4. The number of alkyl halides is 2. The lowest BCUT2D eigenvalue weighted by Crippen LogP contribution is -2.28. The highest BCUT2D eigenvalue weighted by molar-refractivity contribution is 5.78. The molecule has 0 aliphatic carbocycles. The van der Waals surface area contributed by atoms with E-state index in [9.17, 15) is 13.6 Å². The fraction of sp³-hybridized carbons (Fsp3) is 0.316. The third-order valence-electron chi connectivity index (χ3n) is 3.89. The van der Waals surface area contributed by atoms with Crippen LogP contribution in [0.15, 0.2) is 42.5 Å². The number of carbonyl (C=O) groups is 1. The van der Waals surface area contributed by atoms with E-state index < -0.39 is 6.61 Å². The average Bonchev–Trinajstić information content (AvgIpc) is 2.56. The summed E-state index contributed by atoms with van der Waals surface area (Å²) < 4.78 is 34.5. The molecule has 6 heteroatoms. The quantitative estimate of drug-likeness (QED) is 0.763. The minimum Gasteiger partial charge on any atom is -0.493 e. The first kappa shape index (κ1) is 18.7. The summed E-state index contributed by atoms with van der Waals surface area (Å²) in [5, 5.41) is 0. The minimum atomic E-state index is -2.94. The smallest absolute Gasteiger partial charge is 0.387 e. The number of halogens is 2. The maximum Gasteiger partial charge on any atom is 0.387 e. The van der Waals surface area contributed by atoms with Crippen molar-refractivity contribution in [2.24, 2.45) is 0 Å². The third-order valence-corrected chi connectivity index (χ3v) is 3.89. The molecule has 0 unspecified atom stereocenters. The highest BCUT2D eigenvalue weighted by Gasteiger charge is 2.15. The van der Waals surface area contributed by atoms with Crippen LogP contribution < -0.4 is 9.47 Å². The molecule has 0 spiro atoms. The molecule has 0 atom stereocenters. The van der Waals surface area contributed by atoms with Gasteiger partial charge in [-0.2, -0.15) is 8.78 Å². The molecule has 0 aliphatic heterocycles. The van der Waals surface area contributed by atoms with Crippen molar-refractivity contribution in [1.82, 2.24) is 4.90 Å². The van der Waals surface area contributed by atoms with E-state index in [1.54, 1.807) is 24.1 Å². The Hall–Kier alpha value is -2.63. The van der Waals surface area contributed by atoms with Crippen LogP contribution in [0.25, 0.3) is 0 Å². The van der Waals surface area contributed by atoms with Crippen LogP contribution in [0.1, 0.15) is 16.7 Å². The van der Waals surface area contributed by atoms with Crippen molar-refractivity contribution in [1.29, 1.82) is 0 Å². The van der Waals surface area contributed by atoms with Crippen LogP contribution in [-0.4, -0.2) is 31.6 Å². The molecule has 2 rings (SSSR count). The van der Waals surface area contributed by atoms with Gasteiger partial charge in [0, 0.05) is 13.6 Å². The topological polar surface area (TPSA) is 38.8 Å². The van der Waals surface area contributed by atoms with Crippen LogP contribution in [0.2, 0.25) is 0 Å². The second-order valence-corrected chi connectivity index (χ2v) is 5.72. The van der Waals surface area contributed by atoms with E-state index in [1.807, 2.05) is 31.2 Å². The summed E-state index contributed by atoms with van der Waals surface area (Å²) >= 11 is 0. The van der Waals surface area contributed by atoms with E-state index in [0.29, 0.717) is 12.0 Å². The molecule has 1 amide bonds. The molecular weight excluding hydrogens is 328 g/mol. The highest BCUT2D eigenvalue weighted by Crippen LogP contribution is 2.29. The normalized spacial score (nSPS) is 10.6. The Morgan fingerprint density at radius 2 is 1.88 bits per heavy atom. The van der Waals surface area contributed by atoms with E-state index in [1.165, 1.54) is 13.2 Å². The Kier molecular flexibility index (Phi) is 6.33. The largest absolute Gasteiger partial charge is 0.493 e. The molecule has 25 heavy (non-hydrogen) atoms. The molecule has 4 nitrogen and oxygen atoms in total. The van der Waals surface area contributed by atoms with Crippen LogP contribution in [0.5, 0.6) is 11.5 Å². The first-order chi connectivity index (χ1) is 11.9. The van der Waals surface area contributed by atoms with Gasteiger partial charge in [0.1, 0.15) is 0 Å². The standard InChI is InChI=1S/C19H21F2NO3/c1-13-6-4-5-7-15(13)11-18(23)22(2)12-14-8-9-16(24-3)17(10-14)25-19(20)21/h4-10,19H,11-12H2,1-3H3. The van der Waals surface area contributed by atoms with Crippen molar-refractivity contribution in [3.63, 3.8) is 0 Å². The van der Waals surface area contributed by atoms with Crippen molar-refractivity contribution < 1.29 is 23.0 Å². The van der Waals surface area contributed by atoms with Gasteiger partial charge in [-0.15, -0.1) is 0 Å². The number of amides is 1. The molecule has 0 aromatic heterocycles. The van der Waals surface area contributed by atoms with E-state index in [-0.39, 0.29) is 24.0 Å². The van der Waals surface area contributed by atoms with Crippen LogP contribution in [-0.2, 0) is 17.8 Å².